The van der Waals surface area contributed by atoms with Gasteiger partial charge in [0.25, 0.3) is 0 Å². The average Bonchev–Trinajstić information content (AvgIpc) is 2.51. The SMILES string of the molecule is COC(=O)C(C(C)C)C1(O)CCCN(C(C)C)CC1. The van der Waals surface area contributed by atoms with Gasteiger partial charge in [0.15, 0.2) is 0 Å². The van der Waals surface area contributed by atoms with E-state index in [-0.39, 0.29) is 11.9 Å². The molecule has 1 saturated heterocycles. The first-order valence-corrected chi connectivity index (χ1v) is 7.36. The Labute approximate surface area is 117 Å². The molecule has 1 heterocycles. The van der Waals surface area contributed by atoms with Gasteiger partial charge in [0.05, 0.1) is 18.6 Å². The van der Waals surface area contributed by atoms with Crippen LogP contribution in [0, 0.1) is 11.8 Å². The summed E-state index contributed by atoms with van der Waals surface area (Å²) in [6, 6.07) is 0.484. The lowest BCUT2D eigenvalue weighted by Gasteiger charge is -2.36. The lowest BCUT2D eigenvalue weighted by atomic mass is 9.75. The molecule has 0 aromatic heterocycles. The van der Waals surface area contributed by atoms with Crippen LogP contribution in [0.4, 0.5) is 0 Å². The highest BCUT2D eigenvalue weighted by atomic mass is 16.5. The van der Waals surface area contributed by atoms with Gasteiger partial charge in [-0.25, -0.2) is 0 Å². The van der Waals surface area contributed by atoms with E-state index in [4.69, 9.17) is 4.74 Å². The number of methoxy groups -OCH3 is 1. The zero-order chi connectivity index (χ0) is 14.6. The van der Waals surface area contributed by atoms with Gasteiger partial charge in [0, 0.05) is 12.6 Å². The third kappa shape index (κ3) is 3.93. The number of hydrogen-bond donors (Lipinski definition) is 1. The Hall–Kier alpha value is -0.610. The van der Waals surface area contributed by atoms with E-state index in [2.05, 4.69) is 18.7 Å². The minimum Gasteiger partial charge on any atom is -0.469 e. The molecule has 4 heteroatoms. The fourth-order valence-corrected chi connectivity index (χ4v) is 3.23. The molecule has 0 aliphatic carbocycles. The third-order valence-corrected chi connectivity index (χ3v) is 4.32. The van der Waals surface area contributed by atoms with Gasteiger partial charge < -0.3 is 14.7 Å². The first kappa shape index (κ1) is 16.4. The van der Waals surface area contributed by atoms with E-state index in [1.54, 1.807) is 0 Å². The molecule has 0 amide bonds. The maximum absolute atomic E-state index is 12.0. The Bertz CT molecular complexity index is 304. The molecule has 1 fully saturated rings. The molecule has 1 rings (SSSR count). The summed E-state index contributed by atoms with van der Waals surface area (Å²) in [6.07, 6.45) is 2.24. The van der Waals surface area contributed by atoms with E-state index in [0.29, 0.717) is 18.9 Å². The van der Waals surface area contributed by atoms with Crippen LogP contribution in [0.2, 0.25) is 0 Å². The molecule has 0 spiro atoms. The molecule has 0 aromatic carbocycles. The molecule has 19 heavy (non-hydrogen) atoms. The van der Waals surface area contributed by atoms with E-state index >= 15 is 0 Å². The smallest absolute Gasteiger partial charge is 0.311 e. The Kier molecular flexibility index (Phi) is 5.81. The van der Waals surface area contributed by atoms with Crippen LogP contribution in [0.25, 0.3) is 0 Å². The molecule has 1 aliphatic heterocycles. The van der Waals surface area contributed by atoms with Crippen molar-refractivity contribution >= 4 is 5.97 Å². The van der Waals surface area contributed by atoms with Crippen LogP contribution in [-0.2, 0) is 9.53 Å². The fourth-order valence-electron chi connectivity index (χ4n) is 3.23. The minimum absolute atomic E-state index is 0.0862. The van der Waals surface area contributed by atoms with Gasteiger partial charge >= 0.3 is 5.97 Å². The van der Waals surface area contributed by atoms with Crippen LogP contribution in [0.3, 0.4) is 0 Å². The van der Waals surface area contributed by atoms with Crippen molar-refractivity contribution in [1.82, 2.24) is 4.90 Å². The van der Waals surface area contributed by atoms with Crippen LogP contribution in [0.15, 0.2) is 0 Å². The summed E-state index contributed by atoms with van der Waals surface area (Å²) >= 11 is 0. The first-order valence-electron chi connectivity index (χ1n) is 7.36. The van der Waals surface area contributed by atoms with Gasteiger partial charge in [-0.05, 0) is 45.6 Å². The molecule has 2 atom stereocenters. The Morgan fingerprint density at radius 3 is 2.32 bits per heavy atom. The molecule has 2 unspecified atom stereocenters. The zero-order valence-electron chi connectivity index (χ0n) is 13.0. The summed E-state index contributed by atoms with van der Waals surface area (Å²) in [4.78, 5) is 14.4. The highest BCUT2D eigenvalue weighted by Gasteiger charge is 2.44. The molecule has 1 N–H and O–H groups in total. The predicted molar refractivity (Wildman–Crippen MR) is 75.9 cm³/mol. The number of likely N-dealkylation sites (tertiary alicyclic amines) is 1. The van der Waals surface area contributed by atoms with Crippen molar-refractivity contribution in [1.29, 1.82) is 0 Å². The molecular formula is C15H29NO3. The van der Waals surface area contributed by atoms with E-state index in [1.807, 2.05) is 13.8 Å². The predicted octanol–water partition coefficient (Wildman–Crippen LogP) is 2.06. The molecule has 112 valence electrons. The Morgan fingerprint density at radius 2 is 1.84 bits per heavy atom. The van der Waals surface area contributed by atoms with Gasteiger partial charge in [0.2, 0.25) is 0 Å². The van der Waals surface area contributed by atoms with Crippen LogP contribution in [0.1, 0.15) is 47.0 Å². The van der Waals surface area contributed by atoms with Gasteiger partial charge in [0.1, 0.15) is 0 Å². The van der Waals surface area contributed by atoms with Crippen molar-refractivity contribution in [3.63, 3.8) is 0 Å². The molecule has 0 saturated carbocycles. The number of esters is 1. The summed E-state index contributed by atoms with van der Waals surface area (Å²) in [6.45, 7) is 10.1. The summed E-state index contributed by atoms with van der Waals surface area (Å²) in [5.41, 5.74) is -0.926. The number of nitrogens with zero attached hydrogens (tertiary/aromatic N) is 1. The summed E-state index contributed by atoms with van der Waals surface area (Å²) in [5, 5.41) is 11.0. The van der Waals surface area contributed by atoms with Crippen LogP contribution in [-0.4, -0.2) is 47.8 Å². The molecule has 1 aliphatic rings. The Balaban J connectivity index is 2.86. The third-order valence-electron chi connectivity index (χ3n) is 4.32. The number of ether oxygens (including phenoxy) is 1. The van der Waals surface area contributed by atoms with Crippen LogP contribution < -0.4 is 0 Å². The number of carbonyl (C=O) groups is 1. The lowest BCUT2D eigenvalue weighted by Crippen LogP contribution is -2.46. The maximum atomic E-state index is 12.0. The van der Waals surface area contributed by atoms with Crippen molar-refractivity contribution in [3.8, 4) is 0 Å². The molecule has 0 aromatic rings. The lowest BCUT2D eigenvalue weighted by molar-refractivity contribution is -0.160. The molecule has 0 radical (unpaired) electrons. The van der Waals surface area contributed by atoms with Gasteiger partial charge in [-0.15, -0.1) is 0 Å². The number of carbonyl (C=O) groups excluding carboxylic acids is 1. The maximum Gasteiger partial charge on any atom is 0.311 e. The summed E-state index contributed by atoms with van der Waals surface area (Å²) < 4.78 is 4.89. The first-order chi connectivity index (χ1) is 8.81. The normalized spacial score (nSPS) is 27.4. The van der Waals surface area contributed by atoms with E-state index < -0.39 is 11.5 Å². The summed E-state index contributed by atoms with van der Waals surface area (Å²) in [5.74, 6) is -0.622. The second-order valence-corrected chi connectivity index (χ2v) is 6.33. The Morgan fingerprint density at radius 1 is 1.21 bits per heavy atom. The molecular weight excluding hydrogens is 242 g/mol. The summed E-state index contributed by atoms with van der Waals surface area (Å²) in [7, 11) is 1.40. The van der Waals surface area contributed by atoms with Crippen molar-refractivity contribution in [2.24, 2.45) is 11.8 Å². The van der Waals surface area contributed by atoms with Crippen molar-refractivity contribution in [2.45, 2.75) is 58.6 Å². The fraction of sp³-hybridized carbons (Fsp3) is 0.933. The largest absolute Gasteiger partial charge is 0.469 e. The second kappa shape index (κ2) is 6.71. The highest BCUT2D eigenvalue weighted by molar-refractivity contribution is 5.74. The van der Waals surface area contributed by atoms with Crippen molar-refractivity contribution in [3.05, 3.63) is 0 Å². The topological polar surface area (TPSA) is 49.8 Å². The van der Waals surface area contributed by atoms with Gasteiger partial charge in [-0.3, -0.25) is 4.79 Å². The van der Waals surface area contributed by atoms with Crippen LogP contribution in [0.5, 0.6) is 0 Å². The van der Waals surface area contributed by atoms with Crippen molar-refractivity contribution in [2.75, 3.05) is 20.2 Å². The standard InChI is InChI=1S/C15H29NO3/c1-11(2)13(14(17)19-5)15(18)7-6-9-16(10-8-15)12(3)4/h11-13,18H,6-10H2,1-5H3. The monoisotopic (exact) mass is 271 g/mol. The van der Waals surface area contributed by atoms with E-state index in [9.17, 15) is 9.90 Å². The van der Waals surface area contributed by atoms with Crippen LogP contribution >= 0.6 is 0 Å². The average molecular weight is 271 g/mol. The van der Waals surface area contributed by atoms with Crippen molar-refractivity contribution < 1.29 is 14.6 Å². The molecule has 0 bridgehead atoms. The zero-order valence-corrected chi connectivity index (χ0v) is 13.0. The molecule has 4 nitrogen and oxygen atoms in total. The van der Waals surface area contributed by atoms with Gasteiger partial charge in [-0.2, -0.15) is 0 Å². The van der Waals surface area contributed by atoms with E-state index in [0.717, 1.165) is 19.5 Å². The number of aliphatic hydroxyl groups is 1. The van der Waals surface area contributed by atoms with E-state index in [1.165, 1.54) is 7.11 Å². The second-order valence-electron chi connectivity index (χ2n) is 6.33. The number of hydrogen-bond acceptors (Lipinski definition) is 4. The number of rotatable bonds is 4. The minimum atomic E-state index is -0.926. The quantitative estimate of drug-likeness (QED) is 0.795. The highest BCUT2D eigenvalue weighted by Crippen LogP contribution is 2.35. The van der Waals surface area contributed by atoms with Gasteiger partial charge in [-0.1, -0.05) is 13.8 Å².